The number of carbonyl (C=O) groups is 1. The van der Waals surface area contributed by atoms with Gasteiger partial charge in [0.15, 0.2) is 5.65 Å². The summed E-state index contributed by atoms with van der Waals surface area (Å²) < 4.78 is 6.97. The van der Waals surface area contributed by atoms with E-state index in [1.807, 2.05) is 34.6 Å². The molecule has 162 valence electrons. The third-order valence-corrected chi connectivity index (χ3v) is 5.35. The Morgan fingerprint density at radius 3 is 2.39 bits per heavy atom. The Kier molecular flexibility index (Phi) is 6.97. The van der Waals surface area contributed by atoms with E-state index in [1.54, 1.807) is 28.9 Å². The number of carbonyl (C=O) groups excluding carboxylic acids is 1. The predicted octanol–water partition coefficient (Wildman–Crippen LogP) is 5.98. The Labute approximate surface area is 190 Å². The highest BCUT2D eigenvalue weighted by atomic mass is 35.5. The first kappa shape index (κ1) is 22.8. The Balaban J connectivity index is 0.00000132. The zero-order valence-corrected chi connectivity index (χ0v) is 19.5. The Bertz CT molecular complexity index is 1210. The van der Waals surface area contributed by atoms with Gasteiger partial charge < -0.3 is 9.84 Å². The molecule has 3 heterocycles. The lowest BCUT2D eigenvalue weighted by Crippen LogP contribution is -2.13. The molecule has 0 aliphatic rings. The van der Waals surface area contributed by atoms with E-state index in [0.29, 0.717) is 39.0 Å². The van der Waals surface area contributed by atoms with E-state index in [2.05, 4.69) is 20.6 Å². The van der Waals surface area contributed by atoms with Crippen molar-refractivity contribution in [1.29, 1.82) is 0 Å². The number of amides is 1. The summed E-state index contributed by atoms with van der Waals surface area (Å²) in [7, 11) is 0. The van der Waals surface area contributed by atoms with Gasteiger partial charge in [0.25, 0.3) is 5.91 Å². The fourth-order valence-electron chi connectivity index (χ4n) is 3.15. The summed E-state index contributed by atoms with van der Waals surface area (Å²) in [5.41, 5.74) is 3.90. The number of aryl methyl sites for hydroxylation is 3. The average molecular weight is 460 g/mol. The van der Waals surface area contributed by atoms with Gasteiger partial charge in [0.2, 0.25) is 0 Å². The van der Waals surface area contributed by atoms with Crippen molar-refractivity contribution >= 4 is 45.8 Å². The SMILES string of the molecule is CC.Cc1noc(C)c1Cn1nc(C)c2c(Cl)c(C(=O)Nc3ccc(Cl)cc3)cnc21. The molecule has 4 aromatic rings. The number of fused-ring (bicyclic) bond motifs is 1. The van der Waals surface area contributed by atoms with Crippen molar-refractivity contribution in [3.8, 4) is 0 Å². The molecular formula is C22H23Cl2N5O2. The van der Waals surface area contributed by atoms with Crippen molar-refractivity contribution in [2.24, 2.45) is 0 Å². The van der Waals surface area contributed by atoms with Gasteiger partial charge in [-0.1, -0.05) is 42.2 Å². The second-order valence-corrected chi connectivity index (χ2v) is 7.51. The third kappa shape index (κ3) is 4.57. The standard InChI is InChI=1S/C20H17Cl2N5O2.C2H6/c1-10-16(12(3)29-26-10)9-27-19-17(11(2)25-27)18(22)15(8-23-19)20(28)24-14-6-4-13(21)5-7-14;1-2/h4-8H,9H2,1-3H3,(H,24,28);1-2H3. The minimum absolute atomic E-state index is 0.272. The Morgan fingerprint density at radius 2 is 1.77 bits per heavy atom. The number of hydrogen-bond donors (Lipinski definition) is 1. The third-order valence-electron chi connectivity index (χ3n) is 4.71. The second kappa shape index (κ2) is 9.49. The fraction of sp³-hybridized carbons (Fsp3) is 0.273. The van der Waals surface area contributed by atoms with Crippen LogP contribution in [0.1, 0.15) is 46.9 Å². The van der Waals surface area contributed by atoms with Crippen molar-refractivity contribution in [3.05, 3.63) is 68.8 Å². The van der Waals surface area contributed by atoms with Gasteiger partial charge in [-0.3, -0.25) is 4.79 Å². The highest BCUT2D eigenvalue weighted by Gasteiger charge is 2.21. The molecule has 1 N–H and O–H groups in total. The van der Waals surface area contributed by atoms with Gasteiger partial charge in [-0.05, 0) is 45.0 Å². The number of hydrogen-bond acceptors (Lipinski definition) is 5. The van der Waals surface area contributed by atoms with E-state index in [9.17, 15) is 4.79 Å². The van der Waals surface area contributed by atoms with Crippen molar-refractivity contribution in [1.82, 2.24) is 19.9 Å². The lowest BCUT2D eigenvalue weighted by Gasteiger charge is -2.08. The summed E-state index contributed by atoms with van der Waals surface area (Å²) in [5, 5.41) is 12.9. The summed E-state index contributed by atoms with van der Waals surface area (Å²) in [5.74, 6) is 0.374. The predicted molar refractivity (Wildman–Crippen MR) is 123 cm³/mol. The lowest BCUT2D eigenvalue weighted by molar-refractivity contribution is 0.102. The normalized spacial score (nSPS) is 10.7. The minimum Gasteiger partial charge on any atom is -0.361 e. The van der Waals surface area contributed by atoms with Gasteiger partial charge in [0.05, 0.1) is 33.9 Å². The summed E-state index contributed by atoms with van der Waals surface area (Å²) >= 11 is 12.5. The molecular weight excluding hydrogens is 437 g/mol. The minimum atomic E-state index is -0.357. The summed E-state index contributed by atoms with van der Waals surface area (Å²) in [6.45, 7) is 10.0. The van der Waals surface area contributed by atoms with Crippen LogP contribution >= 0.6 is 23.2 Å². The van der Waals surface area contributed by atoms with Gasteiger partial charge in [-0.15, -0.1) is 0 Å². The van der Waals surface area contributed by atoms with Crippen molar-refractivity contribution in [3.63, 3.8) is 0 Å². The van der Waals surface area contributed by atoms with Crippen molar-refractivity contribution in [2.45, 2.75) is 41.2 Å². The zero-order valence-electron chi connectivity index (χ0n) is 18.0. The van der Waals surface area contributed by atoms with E-state index in [4.69, 9.17) is 27.7 Å². The molecule has 0 bridgehead atoms. The first-order valence-corrected chi connectivity index (χ1v) is 10.6. The number of rotatable bonds is 4. The smallest absolute Gasteiger partial charge is 0.258 e. The molecule has 31 heavy (non-hydrogen) atoms. The number of halogens is 2. The van der Waals surface area contributed by atoms with E-state index in [1.165, 1.54) is 6.20 Å². The maximum Gasteiger partial charge on any atom is 0.258 e. The van der Waals surface area contributed by atoms with Crippen LogP contribution in [0.25, 0.3) is 11.0 Å². The average Bonchev–Trinajstić information content (AvgIpc) is 3.25. The lowest BCUT2D eigenvalue weighted by atomic mass is 10.2. The van der Waals surface area contributed by atoms with Gasteiger partial charge >= 0.3 is 0 Å². The molecule has 0 radical (unpaired) electrons. The molecule has 3 aromatic heterocycles. The highest BCUT2D eigenvalue weighted by Crippen LogP contribution is 2.30. The van der Waals surface area contributed by atoms with Crippen LogP contribution < -0.4 is 5.32 Å². The van der Waals surface area contributed by atoms with Gasteiger partial charge in [0, 0.05) is 22.5 Å². The first-order valence-electron chi connectivity index (χ1n) is 9.85. The largest absolute Gasteiger partial charge is 0.361 e. The van der Waals surface area contributed by atoms with E-state index in [-0.39, 0.29) is 11.5 Å². The number of anilines is 1. The molecule has 0 saturated heterocycles. The second-order valence-electron chi connectivity index (χ2n) is 6.69. The monoisotopic (exact) mass is 459 g/mol. The van der Waals surface area contributed by atoms with Crippen LogP contribution in [0.3, 0.4) is 0 Å². The maximum atomic E-state index is 12.7. The molecule has 7 nitrogen and oxygen atoms in total. The number of nitrogens with zero attached hydrogens (tertiary/aromatic N) is 4. The Morgan fingerprint density at radius 1 is 1.10 bits per heavy atom. The molecule has 0 spiro atoms. The van der Waals surface area contributed by atoms with Crippen LogP contribution in [-0.4, -0.2) is 25.8 Å². The van der Waals surface area contributed by atoms with Gasteiger partial charge in [0.1, 0.15) is 5.76 Å². The molecule has 0 fully saturated rings. The first-order chi connectivity index (χ1) is 14.8. The summed E-state index contributed by atoms with van der Waals surface area (Å²) in [6, 6.07) is 6.83. The zero-order chi connectivity index (χ0) is 22.7. The summed E-state index contributed by atoms with van der Waals surface area (Å²) in [4.78, 5) is 17.2. The molecule has 4 rings (SSSR count). The number of aromatic nitrogens is 4. The van der Waals surface area contributed by atoms with Gasteiger partial charge in [-0.25, -0.2) is 9.67 Å². The molecule has 1 amide bonds. The summed E-state index contributed by atoms with van der Waals surface area (Å²) in [6.07, 6.45) is 1.46. The van der Waals surface area contributed by atoms with E-state index < -0.39 is 0 Å². The van der Waals surface area contributed by atoms with Crippen LogP contribution in [0.4, 0.5) is 5.69 Å². The molecule has 0 saturated carbocycles. The van der Waals surface area contributed by atoms with Crippen LogP contribution in [-0.2, 0) is 6.54 Å². The van der Waals surface area contributed by atoms with Crippen LogP contribution in [0.2, 0.25) is 10.0 Å². The molecule has 0 aliphatic carbocycles. The van der Waals surface area contributed by atoms with Crippen LogP contribution in [0, 0.1) is 20.8 Å². The fourth-order valence-corrected chi connectivity index (χ4v) is 3.63. The molecule has 0 aliphatic heterocycles. The number of pyridine rings is 1. The highest BCUT2D eigenvalue weighted by molar-refractivity contribution is 6.39. The number of nitrogens with one attached hydrogen (secondary N) is 1. The van der Waals surface area contributed by atoms with Crippen LogP contribution in [0.15, 0.2) is 35.0 Å². The number of benzene rings is 1. The Hall–Kier alpha value is -2.90. The maximum absolute atomic E-state index is 12.7. The van der Waals surface area contributed by atoms with Gasteiger partial charge in [-0.2, -0.15) is 5.10 Å². The quantitative estimate of drug-likeness (QED) is 0.405. The van der Waals surface area contributed by atoms with Crippen molar-refractivity contribution in [2.75, 3.05) is 5.32 Å². The van der Waals surface area contributed by atoms with E-state index in [0.717, 1.165) is 17.0 Å². The van der Waals surface area contributed by atoms with Crippen LogP contribution in [0.5, 0.6) is 0 Å². The molecule has 0 atom stereocenters. The molecule has 9 heteroatoms. The topological polar surface area (TPSA) is 85.8 Å². The molecule has 0 unspecified atom stereocenters. The van der Waals surface area contributed by atoms with E-state index >= 15 is 0 Å². The molecule has 1 aromatic carbocycles. The van der Waals surface area contributed by atoms with Crippen molar-refractivity contribution < 1.29 is 9.32 Å².